The van der Waals surface area contributed by atoms with E-state index >= 15 is 4.39 Å². The quantitative estimate of drug-likeness (QED) is 0.225. The molecule has 40 heavy (non-hydrogen) atoms. The van der Waals surface area contributed by atoms with Crippen LogP contribution < -0.4 is 19.3 Å². The van der Waals surface area contributed by atoms with Crippen molar-refractivity contribution >= 4 is 42.9 Å². The molecule has 0 aliphatic carbocycles. The fraction of sp³-hybridized carbons (Fsp3) is 0.111. The van der Waals surface area contributed by atoms with E-state index in [1.807, 2.05) is 0 Å². The van der Waals surface area contributed by atoms with Crippen LogP contribution in [0.5, 0.6) is 11.5 Å². The number of pyridine rings is 1. The van der Waals surface area contributed by atoms with E-state index in [9.17, 15) is 17.6 Å². The zero-order valence-electron chi connectivity index (χ0n) is 21.0. The van der Waals surface area contributed by atoms with Crippen molar-refractivity contribution in [2.45, 2.75) is 11.4 Å². The lowest BCUT2D eigenvalue weighted by molar-refractivity contribution is 0.411. The van der Waals surface area contributed by atoms with Gasteiger partial charge in [-0.05, 0) is 57.9 Å². The Morgan fingerprint density at radius 1 is 1.02 bits per heavy atom. The van der Waals surface area contributed by atoms with Gasteiger partial charge >= 0.3 is 6.01 Å². The molecule has 0 bridgehead atoms. The molecule has 9 nitrogen and oxygen atoms in total. The van der Waals surface area contributed by atoms with Crippen LogP contribution >= 0.6 is 15.9 Å². The van der Waals surface area contributed by atoms with Crippen LogP contribution in [0.15, 0.2) is 91.7 Å². The predicted octanol–water partition coefficient (Wildman–Crippen LogP) is 5.43. The molecule has 0 aliphatic heterocycles. The summed E-state index contributed by atoms with van der Waals surface area (Å²) in [5, 5.41) is -0.192. The average Bonchev–Trinajstić information content (AvgIpc) is 3.48. The van der Waals surface area contributed by atoms with Crippen LogP contribution in [0.4, 0.5) is 14.8 Å². The first kappa shape index (κ1) is 27.3. The summed E-state index contributed by atoms with van der Waals surface area (Å²) in [6.07, 6.45) is 2.47. The summed E-state index contributed by atoms with van der Waals surface area (Å²) in [7, 11) is -1.74. The van der Waals surface area contributed by atoms with Crippen molar-refractivity contribution in [1.29, 1.82) is 0 Å². The lowest BCUT2D eigenvalue weighted by Crippen LogP contribution is -2.31. The molecule has 0 saturated heterocycles. The number of aromatic nitrogens is 2. The Balaban J connectivity index is 1.67. The molecule has 206 valence electrons. The van der Waals surface area contributed by atoms with Crippen LogP contribution in [0.1, 0.15) is 5.56 Å². The lowest BCUT2D eigenvalue weighted by atomic mass is 10.2. The molecule has 0 spiro atoms. The summed E-state index contributed by atoms with van der Waals surface area (Å²) in [5.74, 6) is -1.09. The van der Waals surface area contributed by atoms with Crippen molar-refractivity contribution in [3.05, 3.63) is 105 Å². The Hall–Kier alpha value is -4.23. The second kappa shape index (κ2) is 10.7. The first-order valence-corrected chi connectivity index (χ1v) is 13.8. The predicted molar refractivity (Wildman–Crippen MR) is 147 cm³/mol. The number of benzene rings is 3. The van der Waals surface area contributed by atoms with Gasteiger partial charge in [0.2, 0.25) is 0 Å². The summed E-state index contributed by atoms with van der Waals surface area (Å²) in [4.78, 5) is 16.2. The summed E-state index contributed by atoms with van der Waals surface area (Å²) < 4.78 is 75.9. The van der Waals surface area contributed by atoms with Crippen LogP contribution in [0.2, 0.25) is 0 Å². The van der Waals surface area contributed by atoms with Crippen molar-refractivity contribution in [1.82, 2.24) is 9.55 Å². The van der Waals surface area contributed by atoms with E-state index in [-0.39, 0.29) is 39.4 Å². The van der Waals surface area contributed by atoms with Crippen molar-refractivity contribution < 1.29 is 31.1 Å². The third kappa shape index (κ3) is 4.82. The highest BCUT2D eigenvalue weighted by molar-refractivity contribution is 9.10. The van der Waals surface area contributed by atoms with Gasteiger partial charge in [-0.15, -0.1) is 0 Å². The van der Waals surface area contributed by atoms with Crippen molar-refractivity contribution in [3.8, 4) is 17.2 Å². The van der Waals surface area contributed by atoms with Gasteiger partial charge in [-0.25, -0.2) is 26.5 Å². The Bertz CT molecular complexity index is 1880. The third-order valence-corrected chi connectivity index (χ3v) is 8.47. The molecule has 0 fully saturated rings. The van der Waals surface area contributed by atoms with Gasteiger partial charge in [-0.3, -0.25) is 9.36 Å². The lowest BCUT2D eigenvalue weighted by Gasteiger charge is -2.22. The molecule has 0 amide bonds. The van der Waals surface area contributed by atoms with Gasteiger partial charge in [0.15, 0.2) is 5.82 Å². The Morgan fingerprint density at radius 2 is 1.77 bits per heavy atom. The second-order valence-electron chi connectivity index (χ2n) is 8.43. The molecule has 0 unspecified atom stereocenters. The molecule has 13 heteroatoms. The van der Waals surface area contributed by atoms with E-state index < -0.39 is 32.1 Å². The van der Waals surface area contributed by atoms with Gasteiger partial charge in [-0.1, -0.05) is 12.1 Å². The standard InChI is InChI=1S/C27H20BrF2N3O6S/c1-37-17-5-3-16(4-6-17)15-32(27-31-11-12-39-27)40(35,36)24-9-8-21-18(26(24)30)7-10-25(34)33(21)22-14-20(29)19(28)13-23(22)38-2/h3-14H,15H2,1-2H3. The molecule has 2 heterocycles. The largest absolute Gasteiger partial charge is 0.497 e. The fourth-order valence-electron chi connectivity index (χ4n) is 4.18. The molecule has 0 atom stereocenters. The summed E-state index contributed by atoms with van der Waals surface area (Å²) >= 11 is 3.07. The molecule has 0 radical (unpaired) electrons. The third-order valence-electron chi connectivity index (χ3n) is 6.12. The molecule has 3 aromatic carbocycles. The Kier molecular flexibility index (Phi) is 7.34. The number of anilines is 1. The topological polar surface area (TPSA) is 104 Å². The minimum absolute atomic E-state index is 0.00167. The van der Waals surface area contributed by atoms with Crippen LogP contribution in [0.3, 0.4) is 0 Å². The van der Waals surface area contributed by atoms with E-state index in [1.54, 1.807) is 24.3 Å². The molecule has 0 aliphatic rings. The smallest absolute Gasteiger partial charge is 0.311 e. The monoisotopic (exact) mass is 631 g/mol. The van der Waals surface area contributed by atoms with Crippen LogP contribution in [0, 0.1) is 11.6 Å². The van der Waals surface area contributed by atoms with Gasteiger partial charge in [0.05, 0.1) is 42.6 Å². The molecule has 2 aromatic heterocycles. The molecule has 5 rings (SSSR count). The van der Waals surface area contributed by atoms with Gasteiger partial charge in [0, 0.05) is 17.5 Å². The van der Waals surface area contributed by atoms with E-state index in [1.165, 1.54) is 44.9 Å². The average molecular weight is 632 g/mol. The fourth-order valence-corrected chi connectivity index (χ4v) is 5.93. The van der Waals surface area contributed by atoms with E-state index in [2.05, 4.69) is 20.9 Å². The van der Waals surface area contributed by atoms with E-state index in [0.717, 1.165) is 27.1 Å². The number of rotatable bonds is 8. The number of fused-ring (bicyclic) bond motifs is 1. The van der Waals surface area contributed by atoms with Crippen molar-refractivity contribution in [2.24, 2.45) is 0 Å². The van der Waals surface area contributed by atoms with Gasteiger partial charge in [-0.2, -0.15) is 0 Å². The zero-order valence-corrected chi connectivity index (χ0v) is 23.4. The highest BCUT2D eigenvalue weighted by Gasteiger charge is 2.32. The minimum atomic E-state index is -4.58. The number of oxazole rings is 1. The molecular formula is C27H20BrF2N3O6S. The molecular weight excluding hydrogens is 612 g/mol. The van der Waals surface area contributed by atoms with E-state index in [4.69, 9.17) is 13.9 Å². The summed E-state index contributed by atoms with van der Waals surface area (Å²) in [6.45, 7) is -0.223. The number of ether oxygens (including phenoxy) is 2. The normalized spacial score (nSPS) is 11.5. The maximum atomic E-state index is 16.1. The Morgan fingerprint density at radius 3 is 2.42 bits per heavy atom. The Labute approximate surface area is 235 Å². The van der Waals surface area contributed by atoms with Gasteiger partial charge in [0.25, 0.3) is 15.6 Å². The maximum absolute atomic E-state index is 16.1. The highest BCUT2D eigenvalue weighted by Crippen LogP contribution is 2.34. The first-order chi connectivity index (χ1) is 19.1. The number of methoxy groups -OCH3 is 2. The van der Waals surface area contributed by atoms with Crippen LogP contribution in [-0.4, -0.2) is 32.2 Å². The number of sulfonamides is 1. The minimum Gasteiger partial charge on any atom is -0.497 e. The first-order valence-electron chi connectivity index (χ1n) is 11.6. The number of hydrogen-bond donors (Lipinski definition) is 0. The number of nitrogens with zero attached hydrogens (tertiary/aromatic N) is 3. The number of halogens is 3. The number of hydrogen-bond acceptors (Lipinski definition) is 7. The highest BCUT2D eigenvalue weighted by atomic mass is 79.9. The van der Waals surface area contributed by atoms with Crippen molar-refractivity contribution in [3.63, 3.8) is 0 Å². The van der Waals surface area contributed by atoms with Gasteiger partial charge in [0.1, 0.15) is 28.5 Å². The van der Waals surface area contributed by atoms with E-state index in [0.29, 0.717) is 11.3 Å². The molecule has 0 saturated carbocycles. The van der Waals surface area contributed by atoms with Gasteiger partial charge < -0.3 is 13.9 Å². The second-order valence-corrected chi connectivity index (χ2v) is 11.1. The van der Waals surface area contributed by atoms with Crippen LogP contribution in [-0.2, 0) is 16.6 Å². The summed E-state index contributed by atoms with van der Waals surface area (Å²) in [6, 6.07) is 13.3. The molecule has 0 N–H and O–H groups in total. The maximum Gasteiger partial charge on any atom is 0.311 e. The SMILES string of the molecule is COc1ccc(CN(c2ncco2)S(=O)(=O)c2ccc3c(ccc(=O)n3-c3cc(F)c(Br)cc3OC)c2F)cc1. The van der Waals surface area contributed by atoms with Crippen molar-refractivity contribution in [2.75, 3.05) is 18.5 Å². The zero-order chi connectivity index (χ0) is 28.6. The van der Waals surface area contributed by atoms with Crippen LogP contribution in [0.25, 0.3) is 16.6 Å². The summed E-state index contributed by atoms with van der Waals surface area (Å²) in [5.41, 5.74) is -0.0399. The molecule has 5 aromatic rings.